The summed E-state index contributed by atoms with van der Waals surface area (Å²) in [4.78, 5) is 5.34. The maximum Gasteiger partial charge on any atom is 0.0113 e. The van der Waals surface area contributed by atoms with E-state index >= 15 is 0 Å². The first kappa shape index (κ1) is 14.3. The van der Waals surface area contributed by atoms with Crippen LogP contribution < -0.4 is 10.6 Å². The Morgan fingerprint density at radius 1 is 0.889 bits per heavy atom. The number of nitrogens with one attached hydrogen (secondary N) is 2. The van der Waals surface area contributed by atoms with Crippen LogP contribution in [0.5, 0.6) is 0 Å². The highest BCUT2D eigenvalue weighted by atomic mass is 15.2. The standard InChI is InChI=1S/C14H30N4/c1-2-14-4-6-16-7-10-17-9-3-5-15-8-11-18(14)13-12-17/h14-16H,2-13H2,1H3. The maximum atomic E-state index is 3.60. The summed E-state index contributed by atoms with van der Waals surface area (Å²) < 4.78 is 0. The van der Waals surface area contributed by atoms with Crippen LogP contribution in [0.4, 0.5) is 0 Å². The zero-order valence-electron chi connectivity index (χ0n) is 12.0. The molecule has 0 amide bonds. The zero-order valence-corrected chi connectivity index (χ0v) is 12.0. The molecule has 106 valence electrons. The summed E-state index contributed by atoms with van der Waals surface area (Å²) in [5.41, 5.74) is 0. The Morgan fingerprint density at radius 2 is 1.72 bits per heavy atom. The van der Waals surface area contributed by atoms with Crippen molar-refractivity contribution in [2.75, 3.05) is 58.9 Å². The van der Waals surface area contributed by atoms with Crippen LogP contribution in [0.2, 0.25) is 0 Å². The van der Waals surface area contributed by atoms with Crippen molar-refractivity contribution >= 4 is 0 Å². The van der Waals surface area contributed by atoms with Gasteiger partial charge in [-0.25, -0.2) is 0 Å². The lowest BCUT2D eigenvalue weighted by Crippen LogP contribution is -2.48. The van der Waals surface area contributed by atoms with E-state index in [1.807, 2.05) is 0 Å². The lowest BCUT2D eigenvalue weighted by atomic mass is 10.1. The van der Waals surface area contributed by atoms with Gasteiger partial charge < -0.3 is 15.5 Å². The Hall–Kier alpha value is -0.160. The SMILES string of the molecule is CCC1CCNCCN2CCCNCCN1CC2. The van der Waals surface area contributed by atoms with E-state index in [9.17, 15) is 0 Å². The lowest BCUT2D eigenvalue weighted by molar-refractivity contribution is 0.136. The highest BCUT2D eigenvalue weighted by Crippen LogP contribution is 2.10. The summed E-state index contributed by atoms with van der Waals surface area (Å²) in [5, 5.41) is 7.19. The first-order chi connectivity index (χ1) is 8.90. The van der Waals surface area contributed by atoms with Crippen LogP contribution in [0.25, 0.3) is 0 Å². The van der Waals surface area contributed by atoms with Gasteiger partial charge in [0.05, 0.1) is 0 Å². The van der Waals surface area contributed by atoms with Crippen LogP contribution in [0.1, 0.15) is 26.2 Å². The van der Waals surface area contributed by atoms with Gasteiger partial charge in [0.15, 0.2) is 0 Å². The highest BCUT2D eigenvalue weighted by Gasteiger charge is 2.19. The molecule has 0 aliphatic carbocycles. The van der Waals surface area contributed by atoms with Gasteiger partial charge in [-0.1, -0.05) is 6.92 Å². The fourth-order valence-corrected chi connectivity index (χ4v) is 3.13. The second-order valence-electron chi connectivity index (χ2n) is 5.58. The predicted octanol–water partition coefficient (Wildman–Crippen LogP) is 0.356. The van der Waals surface area contributed by atoms with Crippen molar-refractivity contribution in [3.8, 4) is 0 Å². The molecule has 4 heteroatoms. The summed E-state index contributed by atoms with van der Waals surface area (Å²) in [6.45, 7) is 13.2. The van der Waals surface area contributed by atoms with Crippen LogP contribution in [-0.2, 0) is 0 Å². The predicted molar refractivity (Wildman–Crippen MR) is 77.1 cm³/mol. The second kappa shape index (κ2) is 8.10. The van der Waals surface area contributed by atoms with Crippen molar-refractivity contribution < 1.29 is 0 Å². The molecule has 0 radical (unpaired) electrons. The topological polar surface area (TPSA) is 30.5 Å². The molecule has 2 N–H and O–H groups in total. The third-order valence-corrected chi connectivity index (χ3v) is 4.35. The van der Waals surface area contributed by atoms with Gasteiger partial charge in [0, 0.05) is 45.3 Å². The van der Waals surface area contributed by atoms with Gasteiger partial charge in [-0.05, 0) is 38.9 Å². The smallest absolute Gasteiger partial charge is 0.0113 e. The molecule has 2 aliphatic heterocycles. The molecule has 2 fully saturated rings. The molecule has 2 bridgehead atoms. The molecule has 4 nitrogen and oxygen atoms in total. The summed E-state index contributed by atoms with van der Waals surface area (Å²) >= 11 is 0. The molecular weight excluding hydrogens is 224 g/mol. The van der Waals surface area contributed by atoms with Crippen molar-refractivity contribution in [3.05, 3.63) is 0 Å². The van der Waals surface area contributed by atoms with E-state index < -0.39 is 0 Å². The van der Waals surface area contributed by atoms with E-state index in [1.165, 1.54) is 65.1 Å². The molecule has 3 unspecified atom stereocenters. The van der Waals surface area contributed by atoms with Gasteiger partial charge in [0.2, 0.25) is 0 Å². The number of hydrogen-bond acceptors (Lipinski definition) is 4. The van der Waals surface area contributed by atoms with Gasteiger partial charge in [-0.15, -0.1) is 0 Å². The van der Waals surface area contributed by atoms with Crippen molar-refractivity contribution in [2.45, 2.75) is 32.2 Å². The second-order valence-corrected chi connectivity index (χ2v) is 5.58. The van der Waals surface area contributed by atoms with Gasteiger partial charge in [-0.3, -0.25) is 4.90 Å². The van der Waals surface area contributed by atoms with E-state index in [-0.39, 0.29) is 0 Å². The van der Waals surface area contributed by atoms with Gasteiger partial charge in [-0.2, -0.15) is 0 Å². The molecule has 0 aromatic heterocycles. The van der Waals surface area contributed by atoms with Crippen LogP contribution in [0.15, 0.2) is 0 Å². The summed E-state index contributed by atoms with van der Waals surface area (Å²) in [7, 11) is 0. The third kappa shape index (κ3) is 4.50. The molecule has 2 saturated heterocycles. The van der Waals surface area contributed by atoms with Crippen molar-refractivity contribution in [1.82, 2.24) is 20.4 Å². The van der Waals surface area contributed by atoms with Gasteiger partial charge in [0.1, 0.15) is 0 Å². The Bertz CT molecular complexity index is 220. The third-order valence-electron chi connectivity index (χ3n) is 4.35. The lowest BCUT2D eigenvalue weighted by Gasteiger charge is -2.36. The van der Waals surface area contributed by atoms with Crippen molar-refractivity contribution in [3.63, 3.8) is 0 Å². The Kier molecular flexibility index (Phi) is 6.41. The fourth-order valence-electron chi connectivity index (χ4n) is 3.13. The molecule has 0 aromatic rings. The van der Waals surface area contributed by atoms with Crippen LogP contribution in [0, 0.1) is 0 Å². The van der Waals surface area contributed by atoms with E-state index in [0.717, 1.165) is 19.1 Å². The van der Waals surface area contributed by atoms with E-state index in [1.54, 1.807) is 0 Å². The van der Waals surface area contributed by atoms with Crippen molar-refractivity contribution in [2.24, 2.45) is 0 Å². The Morgan fingerprint density at radius 3 is 2.61 bits per heavy atom. The molecule has 2 heterocycles. The first-order valence-electron chi connectivity index (χ1n) is 7.78. The molecule has 0 aromatic carbocycles. The zero-order chi connectivity index (χ0) is 12.6. The van der Waals surface area contributed by atoms with Gasteiger partial charge >= 0.3 is 0 Å². The average Bonchev–Trinajstić information content (AvgIpc) is 2.42. The van der Waals surface area contributed by atoms with Crippen LogP contribution in [0.3, 0.4) is 0 Å². The highest BCUT2D eigenvalue weighted by molar-refractivity contribution is 4.77. The molecule has 2 rings (SSSR count). The van der Waals surface area contributed by atoms with E-state index in [0.29, 0.717) is 0 Å². The van der Waals surface area contributed by atoms with Crippen molar-refractivity contribution in [1.29, 1.82) is 0 Å². The summed E-state index contributed by atoms with van der Waals surface area (Å²) in [6, 6.07) is 0.763. The minimum absolute atomic E-state index is 0.763. The number of hydrogen-bond donors (Lipinski definition) is 2. The summed E-state index contributed by atoms with van der Waals surface area (Å²) in [5.74, 6) is 0. The molecule has 2 aliphatic rings. The monoisotopic (exact) mass is 254 g/mol. The van der Waals surface area contributed by atoms with Crippen LogP contribution >= 0.6 is 0 Å². The van der Waals surface area contributed by atoms with Gasteiger partial charge in [0.25, 0.3) is 0 Å². The molecule has 18 heavy (non-hydrogen) atoms. The fraction of sp³-hybridized carbons (Fsp3) is 1.00. The van der Waals surface area contributed by atoms with E-state index in [2.05, 4.69) is 27.4 Å². The molecular formula is C14H30N4. The van der Waals surface area contributed by atoms with E-state index in [4.69, 9.17) is 0 Å². The molecule has 0 saturated carbocycles. The normalized spacial score (nSPS) is 36.2. The number of rotatable bonds is 1. The Labute approximate surface area is 112 Å². The largest absolute Gasteiger partial charge is 0.315 e. The maximum absolute atomic E-state index is 3.60. The number of fused-ring (bicyclic) bond motifs is 3. The quantitative estimate of drug-likeness (QED) is 0.707. The molecule has 0 spiro atoms. The average molecular weight is 254 g/mol. The first-order valence-corrected chi connectivity index (χ1v) is 7.78. The Balaban J connectivity index is 1.98. The minimum Gasteiger partial charge on any atom is -0.315 e. The number of nitrogens with zero attached hydrogens (tertiary/aromatic N) is 2. The van der Waals surface area contributed by atoms with Crippen LogP contribution in [-0.4, -0.2) is 74.7 Å². The minimum atomic E-state index is 0.763. The molecule has 3 atom stereocenters. The summed E-state index contributed by atoms with van der Waals surface area (Å²) in [6.07, 6.45) is 3.87.